The van der Waals surface area contributed by atoms with Crippen molar-refractivity contribution in [2.45, 2.75) is 44.4 Å². The third-order valence-corrected chi connectivity index (χ3v) is 5.28. The van der Waals surface area contributed by atoms with Gasteiger partial charge in [-0.25, -0.2) is 0 Å². The first-order chi connectivity index (χ1) is 15.3. The predicted molar refractivity (Wildman–Crippen MR) is 117 cm³/mol. The molecule has 1 saturated heterocycles. The van der Waals surface area contributed by atoms with Gasteiger partial charge >= 0.3 is 0 Å². The van der Waals surface area contributed by atoms with Crippen LogP contribution in [0.3, 0.4) is 0 Å². The van der Waals surface area contributed by atoms with Crippen molar-refractivity contribution in [3.8, 4) is 0 Å². The van der Waals surface area contributed by atoms with E-state index in [0.29, 0.717) is 19.8 Å². The Morgan fingerprint density at radius 2 is 1.03 bits per heavy atom. The average Bonchev–Trinajstić information content (AvgIpc) is 2.83. The Kier molecular flexibility index (Phi) is 7.82. The first kappa shape index (κ1) is 21.7. The highest BCUT2D eigenvalue weighted by Crippen LogP contribution is 2.25. The molecular weight excluding hydrogens is 392 g/mol. The molecular formula is C26H28O5. The average molecular weight is 421 g/mol. The molecule has 1 fully saturated rings. The Balaban J connectivity index is 1.46. The van der Waals surface area contributed by atoms with E-state index >= 15 is 0 Å². The normalized spacial score (nSPS) is 23.5. The molecule has 31 heavy (non-hydrogen) atoms. The third-order valence-electron chi connectivity index (χ3n) is 5.28. The Morgan fingerprint density at radius 1 is 0.613 bits per heavy atom. The summed E-state index contributed by atoms with van der Waals surface area (Å²) in [6.07, 6.45) is -2.59. The van der Waals surface area contributed by atoms with E-state index < -0.39 is 18.5 Å². The van der Waals surface area contributed by atoms with E-state index in [-0.39, 0.29) is 12.7 Å². The lowest BCUT2D eigenvalue weighted by molar-refractivity contribution is -0.286. The fraction of sp³-hybridized carbons (Fsp3) is 0.308. The van der Waals surface area contributed by atoms with Crippen LogP contribution in [-0.4, -0.2) is 36.3 Å². The van der Waals surface area contributed by atoms with Crippen molar-refractivity contribution in [3.05, 3.63) is 108 Å². The van der Waals surface area contributed by atoms with Crippen molar-refractivity contribution in [1.82, 2.24) is 0 Å². The first-order valence-corrected chi connectivity index (χ1v) is 10.6. The SMILES string of the molecule is O[C@@H]1OC[C@H](OCc2ccccc2)[C@@H](OCc2ccccc2)[C@@H]1OCc1ccccc1. The van der Waals surface area contributed by atoms with Gasteiger partial charge in [0.05, 0.1) is 26.4 Å². The summed E-state index contributed by atoms with van der Waals surface area (Å²) < 4.78 is 24.1. The molecule has 0 spiro atoms. The summed E-state index contributed by atoms with van der Waals surface area (Å²) in [5.74, 6) is 0. The van der Waals surface area contributed by atoms with Crippen LogP contribution in [0.25, 0.3) is 0 Å². The van der Waals surface area contributed by atoms with Crippen molar-refractivity contribution in [2.24, 2.45) is 0 Å². The molecule has 0 aliphatic carbocycles. The molecule has 3 aromatic rings. The van der Waals surface area contributed by atoms with E-state index in [0.717, 1.165) is 16.7 Å². The van der Waals surface area contributed by atoms with Crippen LogP contribution >= 0.6 is 0 Å². The maximum atomic E-state index is 10.5. The lowest BCUT2D eigenvalue weighted by atomic mass is 10.0. The molecule has 0 saturated carbocycles. The zero-order chi connectivity index (χ0) is 21.3. The van der Waals surface area contributed by atoms with Crippen LogP contribution in [0.2, 0.25) is 0 Å². The minimum absolute atomic E-state index is 0.235. The number of aliphatic hydroxyl groups excluding tert-OH is 1. The van der Waals surface area contributed by atoms with E-state index in [9.17, 15) is 5.11 Å². The maximum absolute atomic E-state index is 10.5. The van der Waals surface area contributed by atoms with Crippen molar-refractivity contribution < 1.29 is 24.1 Å². The molecule has 0 aromatic heterocycles. The van der Waals surface area contributed by atoms with Crippen LogP contribution in [0.1, 0.15) is 16.7 Å². The number of hydrogen-bond donors (Lipinski definition) is 1. The zero-order valence-electron chi connectivity index (χ0n) is 17.4. The zero-order valence-corrected chi connectivity index (χ0v) is 17.4. The molecule has 0 amide bonds. The van der Waals surface area contributed by atoms with E-state index in [1.54, 1.807) is 0 Å². The van der Waals surface area contributed by atoms with Crippen LogP contribution in [-0.2, 0) is 38.8 Å². The molecule has 4 rings (SSSR count). The second kappa shape index (κ2) is 11.2. The standard InChI is InChI=1S/C26H28O5/c27-26-25(30-18-22-14-8-3-9-15-22)24(29-17-21-12-6-2-7-13-21)23(19-31-26)28-16-20-10-4-1-5-11-20/h1-15,23-27H,16-19H2/t23-,24+,25-,26+/m0/s1. The fourth-order valence-electron chi connectivity index (χ4n) is 3.59. The molecule has 0 unspecified atom stereocenters. The molecule has 3 aromatic carbocycles. The molecule has 5 heteroatoms. The highest BCUT2D eigenvalue weighted by molar-refractivity contribution is 5.15. The highest BCUT2D eigenvalue weighted by Gasteiger charge is 2.42. The molecule has 1 heterocycles. The second-order valence-corrected chi connectivity index (χ2v) is 7.58. The Hall–Kier alpha value is -2.54. The number of rotatable bonds is 9. The van der Waals surface area contributed by atoms with E-state index in [1.165, 1.54) is 0 Å². The van der Waals surface area contributed by atoms with E-state index in [1.807, 2.05) is 91.0 Å². The van der Waals surface area contributed by atoms with Gasteiger partial charge in [-0.3, -0.25) is 0 Å². The Labute approximate surface area is 183 Å². The topological polar surface area (TPSA) is 57.2 Å². The van der Waals surface area contributed by atoms with Crippen LogP contribution < -0.4 is 0 Å². The number of hydrogen-bond acceptors (Lipinski definition) is 5. The molecule has 162 valence electrons. The van der Waals surface area contributed by atoms with E-state index in [2.05, 4.69) is 0 Å². The summed E-state index contributed by atoms with van der Waals surface area (Å²) in [6, 6.07) is 29.8. The van der Waals surface area contributed by atoms with Crippen molar-refractivity contribution in [3.63, 3.8) is 0 Å². The minimum atomic E-state index is -1.08. The van der Waals surface area contributed by atoms with Gasteiger partial charge in [0.1, 0.15) is 18.3 Å². The van der Waals surface area contributed by atoms with Gasteiger partial charge in [0.25, 0.3) is 0 Å². The molecule has 0 radical (unpaired) electrons. The van der Waals surface area contributed by atoms with Gasteiger partial charge in [0, 0.05) is 0 Å². The van der Waals surface area contributed by atoms with Crippen LogP contribution in [0.4, 0.5) is 0 Å². The molecule has 1 aliphatic heterocycles. The summed E-state index contributed by atoms with van der Waals surface area (Å²) >= 11 is 0. The molecule has 0 bridgehead atoms. The Bertz CT molecular complexity index is 887. The largest absolute Gasteiger partial charge is 0.368 e. The highest BCUT2D eigenvalue weighted by atomic mass is 16.7. The molecule has 1 aliphatic rings. The Morgan fingerprint density at radius 3 is 1.52 bits per heavy atom. The van der Waals surface area contributed by atoms with Crippen molar-refractivity contribution in [2.75, 3.05) is 6.61 Å². The maximum Gasteiger partial charge on any atom is 0.183 e. The van der Waals surface area contributed by atoms with Crippen molar-refractivity contribution in [1.29, 1.82) is 0 Å². The first-order valence-electron chi connectivity index (χ1n) is 10.6. The lowest BCUT2D eigenvalue weighted by Crippen LogP contribution is -2.56. The summed E-state index contributed by atoms with van der Waals surface area (Å²) in [6.45, 7) is 1.41. The molecule has 4 atom stereocenters. The number of benzene rings is 3. The van der Waals surface area contributed by atoms with Crippen LogP contribution in [0, 0.1) is 0 Å². The van der Waals surface area contributed by atoms with Crippen molar-refractivity contribution >= 4 is 0 Å². The second-order valence-electron chi connectivity index (χ2n) is 7.58. The van der Waals surface area contributed by atoms with Gasteiger partial charge in [0.15, 0.2) is 6.29 Å². The predicted octanol–water partition coefficient (Wildman–Crippen LogP) is 4.09. The lowest BCUT2D eigenvalue weighted by Gasteiger charge is -2.40. The van der Waals surface area contributed by atoms with Gasteiger partial charge < -0.3 is 24.1 Å². The third kappa shape index (κ3) is 6.23. The summed E-state index contributed by atoms with van der Waals surface area (Å²) in [7, 11) is 0. The van der Waals surface area contributed by atoms with Gasteiger partial charge in [-0.15, -0.1) is 0 Å². The fourth-order valence-corrected chi connectivity index (χ4v) is 3.59. The van der Waals surface area contributed by atoms with Crippen LogP contribution in [0.5, 0.6) is 0 Å². The molecule has 5 nitrogen and oxygen atoms in total. The van der Waals surface area contributed by atoms with E-state index in [4.69, 9.17) is 18.9 Å². The smallest absolute Gasteiger partial charge is 0.183 e. The van der Waals surface area contributed by atoms with Gasteiger partial charge in [-0.1, -0.05) is 91.0 Å². The van der Waals surface area contributed by atoms with Gasteiger partial charge in [0.2, 0.25) is 0 Å². The summed E-state index contributed by atoms with van der Waals surface area (Å²) in [5.41, 5.74) is 3.13. The number of aliphatic hydroxyl groups is 1. The molecule has 1 N–H and O–H groups in total. The monoisotopic (exact) mass is 420 g/mol. The number of ether oxygens (including phenoxy) is 4. The summed E-state index contributed by atoms with van der Waals surface area (Å²) in [4.78, 5) is 0. The van der Waals surface area contributed by atoms with Gasteiger partial charge in [-0.05, 0) is 16.7 Å². The minimum Gasteiger partial charge on any atom is -0.368 e. The van der Waals surface area contributed by atoms with Crippen LogP contribution in [0.15, 0.2) is 91.0 Å². The van der Waals surface area contributed by atoms with Gasteiger partial charge in [-0.2, -0.15) is 0 Å². The summed E-state index contributed by atoms with van der Waals surface area (Å²) in [5, 5.41) is 10.5. The quantitative estimate of drug-likeness (QED) is 0.565.